The van der Waals surface area contributed by atoms with Crippen molar-refractivity contribution >= 4 is 27.0 Å². The van der Waals surface area contributed by atoms with Crippen LogP contribution in [-0.4, -0.2) is 59.5 Å². The molecule has 0 fully saturated rings. The number of benzene rings is 1. The molecular weight excluding hydrogens is 370 g/mol. The molecule has 0 spiro atoms. The molecule has 27 heavy (non-hydrogen) atoms. The second-order valence-electron chi connectivity index (χ2n) is 6.58. The summed E-state index contributed by atoms with van der Waals surface area (Å²) in [7, 11) is -3.61. The number of sulfonamides is 1. The first kappa shape index (κ1) is 21.1. The van der Waals surface area contributed by atoms with E-state index in [2.05, 4.69) is 15.6 Å². The fourth-order valence-corrected chi connectivity index (χ4v) is 3.91. The Balaban J connectivity index is 2.21. The summed E-state index contributed by atoms with van der Waals surface area (Å²) in [6, 6.07) is 4.53. The standard InChI is InChI=1S/C17H27N5O4S/c1-6-21(7-2)27(24,25)14-8-9-15-16(10-14)22(20-19-15)26-11-17(23)18-13(5)12(3)4/h8-10,12-13H,6-7,11H2,1-5H3,(H,18,23)/t13-/m0/s1. The second kappa shape index (κ2) is 8.66. The molecular formula is C17H27N5O4S. The predicted molar refractivity (Wildman–Crippen MR) is 102 cm³/mol. The van der Waals surface area contributed by atoms with Gasteiger partial charge in [-0.25, -0.2) is 8.42 Å². The molecule has 1 atom stereocenters. The van der Waals surface area contributed by atoms with Gasteiger partial charge >= 0.3 is 0 Å². The molecule has 0 aliphatic carbocycles. The van der Waals surface area contributed by atoms with Crippen LogP contribution in [0.25, 0.3) is 11.0 Å². The van der Waals surface area contributed by atoms with E-state index >= 15 is 0 Å². The lowest BCUT2D eigenvalue weighted by atomic mass is 10.1. The third kappa shape index (κ3) is 4.75. The van der Waals surface area contributed by atoms with Gasteiger partial charge in [0.2, 0.25) is 10.0 Å². The van der Waals surface area contributed by atoms with Crippen LogP contribution in [-0.2, 0) is 14.8 Å². The van der Waals surface area contributed by atoms with Crippen molar-refractivity contribution in [2.45, 2.75) is 45.6 Å². The zero-order chi connectivity index (χ0) is 20.2. The Morgan fingerprint density at radius 1 is 1.26 bits per heavy atom. The van der Waals surface area contributed by atoms with Gasteiger partial charge in [0.05, 0.1) is 4.90 Å². The van der Waals surface area contributed by atoms with E-state index in [4.69, 9.17) is 4.84 Å². The first-order chi connectivity index (χ1) is 12.7. The average Bonchev–Trinajstić information content (AvgIpc) is 3.03. The molecule has 1 N–H and O–H groups in total. The van der Waals surface area contributed by atoms with E-state index in [1.54, 1.807) is 19.9 Å². The van der Waals surface area contributed by atoms with Crippen molar-refractivity contribution in [3.63, 3.8) is 0 Å². The summed E-state index contributed by atoms with van der Waals surface area (Å²) in [5.74, 6) is 0.0146. The van der Waals surface area contributed by atoms with Crippen molar-refractivity contribution < 1.29 is 18.0 Å². The summed E-state index contributed by atoms with van der Waals surface area (Å²) >= 11 is 0. The summed E-state index contributed by atoms with van der Waals surface area (Å²) in [6.45, 7) is 10.00. The van der Waals surface area contributed by atoms with Crippen LogP contribution in [0.4, 0.5) is 0 Å². The van der Waals surface area contributed by atoms with Crippen molar-refractivity contribution in [2.24, 2.45) is 5.92 Å². The Morgan fingerprint density at radius 2 is 1.93 bits per heavy atom. The van der Waals surface area contributed by atoms with Crippen LogP contribution in [0.1, 0.15) is 34.6 Å². The van der Waals surface area contributed by atoms with Gasteiger partial charge in [-0.3, -0.25) is 4.79 Å². The Bertz CT molecular complexity index is 890. The highest BCUT2D eigenvalue weighted by molar-refractivity contribution is 7.89. The van der Waals surface area contributed by atoms with Gasteiger partial charge in [-0.05, 0) is 36.3 Å². The number of hydrogen-bond donors (Lipinski definition) is 1. The smallest absolute Gasteiger partial charge is 0.260 e. The monoisotopic (exact) mass is 397 g/mol. The number of aromatic nitrogens is 3. The van der Waals surface area contributed by atoms with E-state index in [1.807, 2.05) is 20.8 Å². The van der Waals surface area contributed by atoms with E-state index in [0.29, 0.717) is 30.0 Å². The van der Waals surface area contributed by atoms with Gasteiger partial charge in [0.1, 0.15) is 11.0 Å². The van der Waals surface area contributed by atoms with E-state index < -0.39 is 10.0 Å². The predicted octanol–water partition coefficient (Wildman–Crippen LogP) is 1.05. The van der Waals surface area contributed by atoms with Gasteiger partial charge in [-0.1, -0.05) is 32.5 Å². The number of amides is 1. The summed E-state index contributed by atoms with van der Waals surface area (Å²) in [5.41, 5.74) is 0.859. The summed E-state index contributed by atoms with van der Waals surface area (Å²) < 4.78 is 26.8. The third-order valence-corrected chi connectivity index (χ3v) is 6.48. The van der Waals surface area contributed by atoms with E-state index in [-0.39, 0.29) is 23.5 Å². The molecule has 0 bridgehead atoms. The largest absolute Gasteiger partial charge is 0.385 e. The average molecular weight is 398 g/mol. The topological polar surface area (TPSA) is 106 Å². The molecule has 10 heteroatoms. The molecule has 1 aromatic carbocycles. The van der Waals surface area contributed by atoms with Gasteiger partial charge in [0.25, 0.3) is 5.91 Å². The molecule has 0 saturated carbocycles. The molecule has 1 amide bonds. The molecule has 0 aliphatic heterocycles. The number of nitrogens with one attached hydrogen (secondary N) is 1. The van der Waals surface area contributed by atoms with E-state index in [9.17, 15) is 13.2 Å². The zero-order valence-electron chi connectivity index (χ0n) is 16.3. The van der Waals surface area contributed by atoms with Gasteiger partial charge in [-0.15, -0.1) is 5.10 Å². The summed E-state index contributed by atoms with van der Waals surface area (Å²) in [4.78, 5) is 18.6. The summed E-state index contributed by atoms with van der Waals surface area (Å²) in [6.07, 6.45) is 0. The van der Waals surface area contributed by atoms with Gasteiger partial charge in [0, 0.05) is 19.1 Å². The van der Waals surface area contributed by atoms with Crippen LogP contribution in [0.15, 0.2) is 23.1 Å². The minimum atomic E-state index is -3.61. The quantitative estimate of drug-likeness (QED) is 0.678. The van der Waals surface area contributed by atoms with Crippen LogP contribution in [0.3, 0.4) is 0 Å². The molecule has 1 aromatic heterocycles. The minimum absolute atomic E-state index is 0.0133. The molecule has 0 saturated heterocycles. The number of hydrogen-bond acceptors (Lipinski definition) is 6. The van der Waals surface area contributed by atoms with Crippen molar-refractivity contribution in [1.29, 1.82) is 0 Å². The maximum absolute atomic E-state index is 12.7. The first-order valence-corrected chi connectivity index (χ1v) is 10.4. The van der Waals surface area contributed by atoms with Gasteiger partial charge < -0.3 is 10.2 Å². The molecule has 1 heterocycles. The van der Waals surface area contributed by atoms with Crippen LogP contribution >= 0.6 is 0 Å². The Morgan fingerprint density at radius 3 is 2.52 bits per heavy atom. The molecule has 0 unspecified atom stereocenters. The molecule has 2 rings (SSSR count). The molecule has 0 aliphatic rings. The second-order valence-corrected chi connectivity index (χ2v) is 8.51. The lowest BCUT2D eigenvalue weighted by Crippen LogP contribution is -2.40. The third-order valence-electron chi connectivity index (χ3n) is 4.44. The maximum Gasteiger partial charge on any atom is 0.260 e. The van der Waals surface area contributed by atoms with Crippen LogP contribution in [0, 0.1) is 5.92 Å². The normalized spacial score (nSPS) is 13.3. The van der Waals surface area contributed by atoms with E-state index in [1.165, 1.54) is 16.4 Å². The Kier molecular flexibility index (Phi) is 6.77. The lowest BCUT2D eigenvalue weighted by Gasteiger charge is -2.18. The number of nitrogens with zero attached hydrogens (tertiary/aromatic N) is 4. The highest BCUT2D eigenvalue weighted by atomic mass is 32.2. The van der Waals surface area contributed by atoms with Crippen molar-refractivity contribution in [3.8, 4) is 0 Å². The maximum atomic E-state index is 12.7. The minimum Gasteiger partial charge on any atom is -0.385 e. The number of rotatable bonds is 9. The highest BCUT2D eigenvalue weighted by Crippen LogP contribution is 2.20. The molecule has 2 aromatic rings. The number of carbonyl (C=O) groups is 1. The van der Waals surface area contributed by atoms with Crippen molar-refractivity contribution in [3.05, 3.63) is 18.2 Å². The SMILES string of the molecule is CCN(CC)S(=O)(=O)c1ccc2nnn(OCC(=O)N[C@@H](C)C(C)C)c2c1. The lowest BCUT2D eigenvalue weighted by molar-refractivity contribution is -0.127. The number of fused-ring (bicyclic) bond motifs is 1. The fraction of sp³-hybridized carbons (Fsp3) is 0.588. The molecule has 9 nitrogen and oxygen atoms in total. The van der Waals surface area contributed by atoms with E-state index in [0.717, 1.165) is 4.85 Å². The summed E-state index contributed by atoms with van der Waals surface area (Å²) in [5, 5.41) is 10.6. The Labute approximate surface area is 159 Å². The highest BCUT2D eigenvalue weighted by Gasteiger charge is 2.23. The van der Waals surface area contributed by atoms with Gasteiger partial charge in [0.15, 0.2) is 6.61 Å². The molecule has 0 radical (unpaired) electrons. The van der Waals surface area contributed by atoms with Crippen LogP contribution < -0.4 is 10.2 Å². The van der Waals surface area contributed by atoms with Crippen LogP contribution in [0.2, 0.25) is 0 Å². The Hall–Kier alpha value is -2.20. The van der Waals surface area contributed by atoms with Crippen LogP contribution in [0.5, 0.6) is 0 Å². The zero-order valence-corrected chi connectivity index (χ0v) is 17.2. The van der Waals surface area contributed by atoms with Crippen molar-refractivity contribution in [2.75, 3.05) is 19.7 Å². The van der Waals surface area contributed by atoms with Crippen molar-refractivity contribution in [1.82, 2.24) is 24.8 Å². The molecule has 150 valence electrons. The fourth-order valence-electron chi connectivity index (χ4n) is 2.43. The van der Waals surface area contributed by atoms with Gasteiger partial charge in [-0.2, -0.15) is 4.31 Å². The first-order valence-electron chi connectivity index (χ1n) is 8.98. The number of carbonyl (C=O) groups excluding carboxylic acids is 1.